The molecule has 124 valence electrons. The van der Waals surface area contributed by atoms with Crippen LogP contribution >= 0.6 is 19.4 Å². The minimum atomic E-state index is -3.22. The van der Waals surface area contributed by atoms with Gasteiger partial charge in [0, 0.05) is 18.3 Å². The molecule has 0 spiro atoms. The Hall–Kier alpha value is -0.620. The summed E-state index contributed by atoms with van der Waals surface area (Å²) in [6.07, 6.45) is 3.70. The van der Waals surface area contributed by atoms with Crippen molar-refractivity contribution in [1.29, 1.82) is 0 Å². The Morgan fingerprint density at radius 3 is 2.59 bits per heavy atom. The van der Waals surface area contributed by atoms with Crippen LogP contribution in [-0.4, -0.2) is 40.0 Å². The van der Waals surface area contributed by atoms with Gasteiger partial charge in [0.05, 0.1) is 30.7 Å². The molecule has 2 rings (SSSR count). The molecule has 2 heterocycles. The second kappa shape index (κ2) is 7.30. The van der Waals surface area contributed by atoms with E-state index in [2.05, 4.69) is 4.98 Å². The number of carbonyl (C=O) groups is 1. The fourth-order valence-electron chi connectivity index (χ4n) is 2.51. The van der Waals surface area contributed by atoms with Crippen LogP contribution in [0.4, 0.5) is 0 Å². The molecule has 6 nitrogen and oxygen atoms in total. The molecule has 0 saturated heterocycles. The van der Waals surface area contributed by atoms with E-state index in [4.69, 9.17) is 9.05 Å². The first-order valence-corrected chi connectivity index (χ1v) is 10.1. The molecule has 0 amide bonds. The van der Waals surface area contributed by atoms with Crippen LogP contribution < -0.4 is 0 Å². The van der Waals surface area contributed by atoms with Crippen LogP contribution in [-0.2, 0) is 18.4 Å². The molecule has 0 radical (unpaired) electrons. The monoisotopic (exact) mass is 346 g/mol. The highest BCUT2D eigenvalue weighted by Crippen LogP contribution is 2.54. The maximum Gasteiger partial charge on any atom is 0.332 e. The van der Waals surface area contributed by atoms with Gasteiger partial charge >= 0.3 is 7.60 Å². The summed E-state index contributed by atoms with van der Waals surface area (Å²) in [5, 5.41) is 0.487. The van der Waals surface area contributed by atoms with Crippen molar-refractivity contribution in [3.8, 4) is 0 Å². The zero-order chi connectivity index (χ0) is 16.3. The van der Waals surface area contributed by atoms with Gasteiger partial charge in [-0.1, -0.05) is 25.6 Å². The predicted octanol–water partition coefficient (Wildman–Crippen LogP) is 3.39. The van der Waals surface area contributed by atoms with E-state index in [1.165, 1.54) is 11.8 Å². The van der Waals surface area contributed by atoms with Crippen molar-refractivity contribution in [2.24, 2.45) is 5.92 Å². The molecule has 22 heavy (non-hydrogen) atoms. The smallest absolute Gasteiger partial charge is 0.321 e. The molecule has 2 atom stereocenters. The van der Waals surface area contributed by atoms with Crippen LogP contribution in [0.3, 0.4) is 0 Å². The fourth-order valence-corrected chi connectivity index (χ4v) is 6.01. The summed E-state index contributed by atoms with van der Waals surface area (Å²) in [5.41, 5.74) is 0. The number of Topliss-reactive ketones (excluding diaryl/α,β-unsaturated/α-hetero) is 1. The second-order valence-corrected chi connectivity index (χ2v) is 8.62. The molecule has 0 aliphatic carbocycles. The summed E-state index contributed by atoms with van der Waals surface area (Å²) < 4.78 is 25.5. The number of rotatable bonds is 8. The van der Waals surface area contributed by atoms with Gasteiger partial charge in [-0.05, 0) is 13.8 Å². The van der Waals surface area contributed by atoms with Crippen molar-refractivity contribution < 1.29 is 18.4 Å². The molecule has 0 fully saturated rings. The number of thioether (sulfide) groups is 1. The molecular weight excluding hydrogens is 323 g/mol. The van der Waals surface area contributed by atoms with Crippen molar-refractivity contribution in [1.82, 2.24) is 9.55 Å². The van der Waals surface area contributed by atoms with E-state index in [0.29, 0.717) is 13.2 Å². The number of hydrogen-bond donors (Lipinski definition) is 0. The normalized spacial score (nSPS) is 21.3. The van der Waals surface area contributed by atoms with E-state index in [0.717, 1.165) is 5.16 Å². The van der Waals surface area contributed by atoms with Crippen molar-refractivity contribution in [2.45, 2.75) is 44.1 Å². The highest BCUT2D eigenvalue weighted by Gasteiger charge is 2.43. The number of hydrogen-bond acceptors (Lipinski definition) is 6. The maximum atomic E-state index is 12.8. The number of ketones is 1. The quantitative estimate of drug-likeness (QED) is 0.672. The van der Waals surface area contributed by atoms with Gasteiger partial charge in [0.25, 0.3) is 0 Å². The van der Waals surface area contributed by atoms with Gasteiger partial charge in [0.1, 0.15) is 0 Å². The first-order chi connectivity index (χ1) is 10.4. The SMILES string of the molecule is CCOP(=O)(C[C@H]1[C@H](C(=O)C(C)C)Sc2nccn21)OCC. The lowest BCUT2D eigenvalue weighted by Gasteiger charge is -2.25. The summed E-state index contributed by atoms with van der Waals surface area (Å²) >= 11 is 1.43. The lowest BCUT2D eigenvalue weighted by molar-refractivity contribution is -0.121. The molecule has 8 heteroatoms. The van der Waals surface area contributed by atoms with Gasteiger partial charge in [-0.2, -0.15) is 0 Å². The fraction of sp³-hybridized carbons (Fsp3) is 0.714. The summed E-state index contributed by atoms with van der Waals surface area (Å²) in [4.78, 5) is 16.8. The number of aromatic nitrogens is 2. The Balaban J connectivity index is 2.27. The molecule has 1 aliphatic rings. The van der Waals surface area contributed by atoms with E-state index in [9.17, 15) is 9.36 Å². The molecule has 0 bridgehead atoms. The first-order valence-electron chi connectivity index (χ1n) is 7.53. The molecule has 1 aromatic heterocycles. The van der Waals surface area contributed by atoms with E-state index in [-0.39, 0.29) is 29.2 Å². The number of carbonyl (C=O) groups excluding carboxylic acids is 1. The maximum absolute atomic E-state index is 12.8. The summed E-state index contributed by atoms with van der Waals surface area (Å²) in [5.74, 6) is 0.0585. The Labute approximate surface area is 135 Å². The van der Waals surface area contributed by atoms with Gasteiger partial charge in [-0.3, -0.25) is 9.36 Å². The topological polar surface area (TPSA) is 70.4 Å². The minimum absolute atomic E-state index is 0.0804. The van der Waals surface area contributed by atoms with E-state index >= 15 is 0 Å². The lowest BCUT2D eigenvalue weighted by atomic mass is 10.0. The molecule has 1 aliphatic heterocycles. The van der Waals surface area contributed by atoms with Crippen LogP contribution in [0.25, 0.3) is 0 Å². The molecule has 0 saturated carbocycles. The Kier molecular flexibility index (Phi) is 5.88. The summed E-state index contributed by atoms with van der Waals surface area (Å²) in [6, 6.07) is -0.249. The standard InChI is InChI=1S/C14H23N2O4PS/c1-5-19-21(18,20-6-2)9-11-13(12(17)10(3)4)22-14-15-7-8-16(11)14/h7-8,10-11,13H,5-6,9H2,1-4H3/t11-,13+/m0/s1. The highest BCUT2D eigenvalue weighted by molar-refractivity contribution is 8.00. The largest absolute Gasteiger partial charge is 0.332 e. The van der Waals surface area contributed by atoms with E-state index in [1.807, 2.05) is 24.6 Å². The Morgan fingerprint density at radius 2 is 2.05 bits per heavy atom. The van der Waals surface area contributed by atoms with Crippen LogP contribution in [0.5, 0.6) is 0 Å². The molecular formula is C14H23N2O4PS. The van der Waals surface area contributed by atoms with Crippen molar-refractivity contribution in [3.63, 3.8) is 0 Å². The van der Waals surface area contributed by atoms with Crippen molar-refractivity contribution in [3.05, 3.63) is 12.4 Å². The van der Waals surface area contributed by atoms with E-state index < -0.39 is 7.60 Å². The zero-order valence-electron chi connectivity index (χ0n) is 13.4. The van der Waals surface area contributed by atoms with Crippen LogP contribution in [0.15, 0.2) is 17.6 Å². The first kappa shape index (κ1) is 17.7. The van der Waals surface area contributed by atoms with Gasteiger partial charge in [0.15, 0.2) is 10.9 Å². The second-order valence-electron chi connectivity index (χ2n) is 5.41. The molecule has 0 unspecified atom stereocenters. The van der Waals surface area contributed by atoms with Crippen LogP contribution in [0, 0.1) is 5.92 Å². The minimum Gasteiger partial charge on any atom is -0.321 e. The van der Waals surface area contributed by atoms with Gasteiger partial charge in [0.2, 0.25) is 0 Å². The average molecular weight is 346 g/mol. The predicted molar refractivity (Wildman–Crippen MR) is 86.5 cm³/mol. The van der Waals surface area contributed by atoms with Gasteiger partial charge < -0.3 is 13.6 Å². The van der Waals surface area contributed by atoms with Gasteiger partial charge in [-0.15, -0.1) is 0 Å². The lowest BCUT2D eigenvalue weighted by Crippen LogP contribution is -2.30. The van der Waals surface area contributed by atoms with Crippen LogP contribution in [0.2, 0.25) is 0 Å². The zero-order valence-corrected chi connectivity index (χ0v) is 15.1. The molecule has 1 aromatic rings. The third kappa shape index (κ3) is 3.65. The Bertz CT molecular complexity index is 565. The third-order valence-corrected chi connectivity index (χ3v) is 6.94. The Morgan fingerprint density at radius 1 is 1.41 bits per heavy atom. The van der Waals surface area contributed by atoms with Crippen LogP contribution in [0.1, 0.15) is 33.7 Å². The average Bonchev–Trinajstić information content (AvgIpc) is 3.01. The van der Waals surface area contributed by atoms with Crippen molar-refractivity contribution >= 4 is 25.1 Å². The van der Waals surface area contributed by atoms with Crippen molar-refractivity contribution in [2.75, 3.05) is 19.4 Å². The summed E-state index contributed by atoms with van der Waals surface area (Å²) in [6.45, 7) is 7.97. The number of imidazole rings is 1. The molecule has 0 aromatic carbocycles. The molecule has 0 N–H and O–H groups in total. The third-order valence-electron chi connectivity index (χ3n) is 3.48. The number of fused-ring (bicyclic) bond motifs is 1. The highest BCUT2D eigenvalue weighted by atomic mass is 32.2. The van der Waals surface area contributed by atoms with E-state index in [1.54, 1.807) is 20.0 Å². The number of nitrogens with zero attached hydrogens (tertiary/aromatic N) is 2. The summed E-state index contributed by atoms with van der Waals surface area (Å²) in [7, 11) is -3.22. The van der Waals surface area contributed by atoms with Gasteiger partial charge in [-0.25, -0.2) is 4.98 Å².